The predicted octanol–water partition coefficient (Wildman–Crippen LogP) is 6.09. The van der Waals surface area contributed by atoms with Crippen molar-refractivity contribution in [3.63, 3.8) is 0 Å². The quantitative estimate of drug-likeness (QED) is 0.477. The first-order valence-electron chi connectivity index (χ1n) is 12.1. The average Bonchev–Trinajstić information content (AvgIpc) is 3.26. The van der Waals surface area contributed by atoms with Crippen LogP contribution in [0.3, 0.4) is 0 Å². The summed E-state index contributed by atoms with van der Waals surface area (Å²) in [4.78, 5) is 14.4. The summed E-state index contributed by atoms with van der Waals surface area (Å²) in [6.45, 7) is 3.62. The summed E-state index contributed by atoms with van der Waals surface area (Å²) in [7, 11) is 0. The third-order valence-corrected chi connectivity index (χ3v) is 7.48. The Morgan fingerprint density at radius 1 is 1.00 bits per heavy atom. The van der Waals surface area contributed by atoms with Crippen LogP contribution in [0.5, 0.6) is 11.5 Å². The molecule has 0 aromatic heterocycles. The van der Waals surface area contributed by atoms with Crippen LogP contribution in [0.2, 0.25) is 0 Å². The number of Topliss-reactive ketones (excluding diaryl/α,β-unsaturated/α-hetero) is 1. The fourth-order valence-corrected chi connectivity index (χ4v) is 5.54. The van der Waals surface area contributed by atoms with Crippen molar-refractivity contribution in [1.82, 2.24) is 4.90 Å². The highest BCUT2D eigenvalue weighted by molar-refractivity contribution is 5.78. The molecule has 0 bridgehead atoms. The average molecular weight is 454 g/mol. The SMILES string of the molecule is O=C(CCC(F)(F)F)CC1CCC(CCN2CCC(c3cccc4c3OCO4)CC2)CC1. The van der Waals surface area contributed by atoms with Crippen LogP contribution < -0.4 is 9.47 Å². The summed E-state index contributed by atoms with van der Waals surface area (Å²) in [6.07, 6.45) is 2.35. The number of likely N-dealkylation sites (tertiary alicyclic amines) is 1. The number of alkyl halides is 3. The first-order chi connectivity index (χ1) is 15.4. The van der Waals surface area contributed by atoms with Gasteiger partial charge in [-0.3, -0.25) is 4.79 Å². The number of fused-ring (bicyclic) bond motifs is 1. The zero-order chi connectivity index (χ0) is 22.6. The molecule has 0 amide bonds. The summed E-state index contributed by atoms with van der Waals surface area (Å²) in [6, 6.07) is 6.18. The number of halogens is 3. The molecule has 1 saturated heterocycles. The van der Waals surface area contributed by atoms with E-state index in [4.69, 9.17) is 9.47 Å². The van der Waals surface area contributed by atoms with E-state index in [0.717, 1.165) is 69.7 Å². The van der Waals surface area contributed by atoms with E-state index in [1.54, 1.807) is 0 Å². The molecule has 2 fully saturated rings. The van der Waals surface area contributed by atoms with E-state index in [2.05, 4.69) is 17.0 Å². The summed E-state index contributed by atoms with van der Waals surface area (Å²) in [5, 5.41) is 0. The number of nitrogens with zero attached hydrogens (tertiary/aromatic N) is 1. The molecule has 2 heterocycles. The molecule has 3 aliphatic rings. The van der Waals surface area contributed by atoms with E-state index < -0.39 is 12.6 Å². The highest BCUT2D eigenvalue weighted by Crippen LogP contribution is 2.42. The van der Waals surface area contributed by atoms with Crippen molar-refractivity contribution < 1.29 is 27.4 Å². The molecule has 0 spiro atoms. The number of hydrogen-bond acceptors (Lipinski definition) is 4. The molecule has 0 radical (unpaired) electrons. The second kappa shape index (κ2) is 10.4. The minimum absolute atomic E-state index is 0.227. The van der Waals surface area contributed by atoms with Crippen molar-refractivity contribution in [3.8, 4) is 11.5 Å². The highest BCUT2D eigenvalue weighted by atomic mass is 19.4. The topological polar surface area (TPSA) is 38.8 Å². The van der Waals surface area contributed by atoms with Crippen molar-refractivity contribution in [2.24, 2.45) is 11.8 Å². The largest absolute Gasteiger partial charge is 0.454 e. The minimum Gasteiger partial charge on any atom is -0.454 e. The number of benzene rings is 1. The molecule has 0 unspecified atom stereocenters. The van der Waals surface area contributed by atoms with Gasteiger partial charge in [0.2, 0.25) is 6.79 Å². The first-order valence-corrected chi connectivity index (χ1v) is 12.1. The molecule has 7 heteroatoms. The van der Waals surface area contributed by atoms with Crippen LogP contribution in [0.15, 0.2) is 18.2 Å². The Bertz CT molecular complexity index is 766. The Balaban J connectivity index is 1.12. The van der Waals surface area contributed by atoms with E-state index in [1.807, 2.05) is 6.07 Å². The van der Waals surface area contributed by atoms with Crippen LogP contribution in [-0.2, 0) is 4.79 Å². The Morgan fingerprint density at radius 2 is 1.72 bits per heavy atom. The standard InChI is InChI=1S/C25H34F3NO3/c26-25(27,28)12-8-21(30)16-19-6-4-18(5-7-19)9-13-29-14-10-20(11-15-29)22-2-1-3-23-24(22)32-17-31-23/h1-3,18-20H,4-17H2. The Morgan fingerprint density at radius 3 is 2.44 bits per heavy atom. The van der Waals surface area contributed by atoms with Gasteiger partial charge in [-0.25, -0.2) is 0 Å². The molecule has 0 atom stereocenters. The lowest BCUT2D eigenvalue weighted by Gasteiger charge is -2.34. The molecule has 1 aromatic carbocycles. The number of carbonyl (C=O) groups excluding carboxylic acids is 1. The number of ether oxygens (including phenoxy) is 2. The lowest BCUT2D eigenvalue weighted by molar-refractivity contribution is -0.143. The summed E-state index contributed by atoms with van der Waals surface area (Å²) >= 11 is 0. The van der Waals surface area contributed by atoms with Gasteiger partial charge in [-0.1, -0.05) is 25.0 Å². The molecule has 0 N–H and O–H groups in total. The molecule has 178 valence electrons. The molecule has 4 rings (SSSR count). The number of hydrogen-bond donors (Lipinski definition) is 0. The van der Waals surface area contributed by atoms with Crippen molar-refractivity contribution in [3.05, 3.63) is 23.8 Å². The highest BCUT2D eigenvalue weighted by Gasteiger charge is 2.30. The number of rotatable bonds is 8. The van der Waals surface area contributed by atoms with Gasteiger partial charge in [0.15, 0.2) is 11.5 Å². The van der Waals surface area contributed by atoms with Crippen molar-refractivity contribution in [2.45, 2.75) is 76.3 Å². The summed E-state index contributed by atoms with van der Waals surface area (Å²) < 4.78 is 48.0. The minimum atomic E-state index is -4.23. The fraction of sp³-hybridized carbons (Fsp3) is 0.720. The van der Waals surface area contributed by atoms with E-state index >= 15 is 0 Å². The molecule has 32 heavy (non-hydrogen) atoms. The molecular formula is C25H34F3NO3. The van der Waals surface area contributed by atoms with E-state index in [9.17, 15) is 18.0 Å². The Labute approximate surface area is 188 Å². The number of para-hydroxylation sites is 1. The number of piperidine rings is 1. The van der Waals surface area contributed by atoms with Crippen LogP contribution in [0, 0.1) is 11.8 Å². The van der Waals surface area contributed by atoms with Gasteiger partial charge in [-0.2, -0.15) is 13.2 Å². The molecule has 1 aliphatic carbocycles. The van der Waals surface area contributed by atoms with Gasteiger partial charge in [0.1, 0.15) is 5.78 Å². The second-order valence-corrected chi connectivity index (χ2v) is 9.73. The van der Waals surface area contributed by atoms with E-state index in [-0.39, 0.29) is 18.1 Å². The van der Waals surface area contributed by atoms with Gasteiger partial charge in [-0.05, 0) is 75.6 Å². The molecule has 1 aromatic rings. The maximum absolute atomic E-state index is 12.3. The fourth-order valence-electron chi connectivity index (χ4n) is 5.54. The predicted molar refractivity (Wildman–Crippen MR) is 116 cm³/mol. The van der Waals surface area contributed by atoms with Crippen LogP contribution in [0.1, 0.15) is 75.7 Å². The normalized spacial score (nSPS) is 24.6. The van der Waals surface area contributed by atoms with Crippen LogP contribution >= 0.6 is 0 Å². The van der Waals surface area contributed by atoms with Gasteiger partial charge in [0.05, 0.1) is 6.42 Å². The maximum atomic E-state index is 12.3. The first kappa shape index (κ1) is 23.4. The van der Waals surface area contributed by atoms with Crippen molar-refractivity contribution in [2.75, 3.05) is 26.4 Å². The van der Waals surface area contributed by atoms with E-state index in [0.29, 0.717) is 25.0 Å². The smallest absolute Gasteiger partial charge is 0.389 e. The monoisotopic (exact) mass is 453 g/mol. The lowest BCUT2D eigenvalue weighted by atomic mass is 9.78. The number of carbonyl (C=O) groups is 1. The third-order valence-electron chi connectivity index (χ3n) is 7.48. The van der Waals surface area contributed by atoms with Gasteiger partial charge in [0, 0.05) is 18.4 Å². The molecule has 2 aliphatic heterocycles. The third kappa shape index (κ3) is 6.40. The lowest BCUT2D eigenvalue weighted by Crippen LogP contribution is -2.34. The van der Waals surface area contributed by atoms with Gasteiger partial charge < -0.3 is 14.4 Å². The van der Waals surface area contributed by atoms with E-state index in [1.165, 1.54) is 12.0 Å². The Hall–Kier alpha value is -1.76. The van der Waals surface area contributed by atoms with Crippen LogP contribution in [0.25, 0.3) is 0 Å². The number of ketones is 1. The zero-order valence-corrected chi connectivity index (χ0v) is 18.7. The van der Waals surface area contributed by atoms with Crippen LogP contribution in [-0.4, -0.2) is 43.3 Å². The van der Waals surface area contributed by atoms with Gasteiger partial charge in [-0.15, -0.1) is 0 Å². The Kier molecular flexibility index (Phi) is 7.64. The molecule has 4 nitrogen and oxygen atoms in total. The maximum Gasteiger partial charge on any atom is 0.389 e. The second-order valence-electron chi connectivity index (χ2n) is 9.73. The molecule has 1 saturated carbocycles. The van der Waals surface area contributed by atoms with Gasteiger partial charge in [0.25, 0.3) is 0 Å². The van der Waals surface area contributed by atoms with Crippen LogP contribution in [0.4, 0.5) is 13.2 Å². The summed E-state index contributed by atoms with van der Waals surface area (Å²) in [5.41, 5.74) is 1.28. The summed E-state index contributed by atoms with van der Waals surface area (Å²) in [5.74, 6) is 3.05. The van der Waals surface area contributed by atoms with Crippen molar-refractivity contribution >= 4 is 5.78 Å². The molecular weight excluding hydrogens is 419 g/mol. The van der Waals surface area contributed by atoms with Crippen molar-refractivity contribution in [1.29, 1.82) is 0 Å². The zero-order valence-electron chi connectivity index (χ0n) is 18.7. The van der Waals surface area contributed by atoms with Gasteiger partial charge >= 0.3 is 6.18 Å².